The highest BCUT2D eigenvalue weighted by atomic mass is 32.2. The normalized spacial score (nSPS) is 11.7. The number of benzene rings is 1. The number of nitro benzene ring substituents is 1. The molecule has 0 fully saturated rings. The first-order valence-electron chi connectivity index (χ1n) is 7.68. The van der Waals surface area contributed by atoms with Crippen molar-refractivity contribution in [1.29, 1.82) is 0 Å². The van der Waals surface area contributed by atoms with Crippen molar-refractivity contribution in [2.24, 2.45) is 0 Å². The highest BCUT2D eigenvalue weighted by Gasteiger charge is 2.26. The summed E-state index contributed by atoms with van der Waals surface area (Å²) in [7, 11) is -3.79. The van der Waals surface area contributed by atoms with Gasteiger partial charge in [0.2, 0.25) is 15.2 Å². The molecule has 0 radical (unpaired) electrons. The summed E-state index contributed by atoms with van der Waals surface area (Å²) < 4.78 is 27.8. The molecule has 0 spiro atoms. The van der Waals surface area contributed by atoms with Crippen molar-refractivity contribution in [2.75, 3.05) is 13.1 Å². The minimum absolute atomic E-state index is 0.122. The Bertz CT molecular complexity index is 908. The van der Waals surface area contributed by atoms with Crippen LogP contribution < -0.4 is 0 Å². The largest absolute Gasteiger partial charge is 0.284 e. The van der Waals surface area contributed by atoms with E-state index in [0.717, 1.165) is 17.8 Å². The smallest absolute Gasteiger partial charge is 0.258 e. The second-order valence-corrected chi connectivity index (χ2v) is 7.96. The molecule has 0 atom stereocenters. The van der Waals surface area contributed by atoms with Gasteiger partial charge in [0.1, 0.15) is 0 Å². The lowest BCUT2D eigenvalue weighted by Gasteiger charge is -2.18. The zero-order valence-corrected chi connectivity index (χ0v) is 15.9. The van der Waals surface area contributed by atoms with Crippen molar-refractivity contribution >= 4 is 27.5 Å². The Hall–Kier alpha value is -2.31. The highest BCUT2D eigenvalue weighted by Crippen LogP contribution is 2.35. The molecule has 0 aliphatic rings. The SMILES string of the molecule is C=CCn1nnnc1Sc1ccc(S(=O)(=O)N(CC)CC)cc1[N+](=O)[O-]. The maximum atomic E-state index is 12.6. The lowest BCUT2D eigenvalue weighted by molar-refractivity contribution is -0.388. The zero-order valence-electron chi connectivity index (χ0n) is 14.3. The van der Waals surface area contributed by atoms with Gasteiger partial charge in [-0.15, -0.1) is 11.7 Å². The summed E-state index contributed by atoms with van der Waals surface area (Å²) in [5.74, 6) is 0. The number of nitrogens with zero attached hydrogens (tertiary/aromatic N) is 6. The van der Waals surface area contributed by atoms with Crippen LogP contribution >= 0.6 is 11.8 Å². The van der Waals surface area contributed by atoms with Gasteiger partial charge < -0.3 is 0 Å². The van der Waals surface area contributed by atoms with Crippen LogP contribution in [0.2, 0.25) is 0 Å². The number of sulfonamides is 1. The zero-order chi connectivity index (χ0) is 19.3. The first-order valence-corrected chi connectivity index (χ1v) is 9.94. The van der Waals surface area contributed by atoms with Gasteiger partial charge in [0, 0.05) is 19.2 Å². The van der Waals surface area contributed by atoms with E-state index < -0.39 is 14.9 Å². The fraction of sp³-hybridized carbons (Fsp3) is 0.357. The van der Waals surface area contributed by atoms with E-state index in [-0.39, 0.29) is 28.6 Å². The van der Waals surface area contributed by atoms with Gasteiger partial charge in [0.05, 0.1) is 21.3 Å². The van der Waals surface area contributed by atoms with Crippen molar-refractivity contribution in [3.63, 3.8) is 0 Å². The molecule has 0 saturated carbocycles. The Morgan fingerprint density at radius 1 is 1.38 bits per heavy atom. The molecule has 0 aliphatic carbocycles. The maximum absolute atomic E-state index is 12.6. The van der Waals surface area contributed by atoms with E-state index in [1.807, 2.05) is 0 Å². The maximum Gasteiger partial charge on any atom is 0.284 e. The van der Waals surface area contributed by atoms with Crippen molar-refractivity contribution in [3.05, 3.63) is 41.0 Å². The standard InChI is InChI=1S/C14H18N6O4S2/c1-4-9-19-14(15-16-17-19)25-13-8-7-11(10-12(13)20(21)22)26(23,24)18(5-2)6-3/h4,7-8,10H,1,5-6,9H2,2-3H3. The van der Waals surface area contributed by atoms with Crippen molar-refractivity contribution in [1.82, 2.24) is 24.5 Å². The van der Waals surface area contributed by atoms with Crippen LogP contribution in [0.25, 0.3) is 0 Å². The van der Waals surface area contributed by atoms with Crippen LogP contribution in [0.3, 0.4) is 0 Å². The van der Waals surface area contributed by atoms with Gasteiger partial charge in [-0.2, -0.15) is 4.31 Å². The van der Waals surface area contributed by atoms with E-state index >= 15 is 0 Å². The number of rotatable bonds is 9. The Labute approximate surface area is 155 Å². The molecular weight excluding hydrogens is 380 g/mol. The topological polar surface area (TPSA) is 124 Å². The van der Waals surface area contributed by atoms with Gasteiger partial charge >= 0.3 is 0 Å². The van der Waals surface area contributed by atoms with E-state index in [9.17, 15) is 18.5 Å². The van der Waals surface area contributed by atoms with Gasteiger partial charge in [-0.1, -0.05) is 19.9 Å². The van der Waals surface area contributed by atoms with Crippen molar-refractivity contribution in [2.45, 2.75) is 35.3 Å². The Morgan fingerprint density at radius 2 is 2.08 bits per heavy atom. The first-order chi connectivity index (χ1) is 12.3. The molecule has 1 aromatic carbocycles. The molecule has 2 aromatic rings. The molecule has 0 N–H and O–H groups in total. The van der Waals surface area contributed by atoms with Crippen LogP contribution in [0, 0.1) is 10.1 Å². The quantitative estimate of drug-likeness (QED) is 0.356. The Kier molecular flexibility index (Phi) is 6.45. The number of aromatic nitrogens is 4. The van der Waals surface area contributed by atoms with Crippen LogP contribution in [0.4, 0.5) is 5.69 Å². The fourth-order valence-electron chi connectivity index (χ4n) is 2.20. The van der Waals surface area contributed by atoms with E-state index in [0.29, 0.717) is 11.7 Å². The van der Waals surface area contributed by atoms with Gasteiger partial charge in [0.25, 0.3) is 5.69 Å². The fourth-order valence-corrected chi connectivity index (χ4v) is 4.55. The minimum atomic E-state index is -3.79. The molecular formula is C14H18N6O4S2. The first kappa shape index (κ1) is 20.0. The Morgan fingerprint density at radius 3 is 2.65 bits per heavy atom. The van der Waals surface area contributed by atoms with E-state index in [4.69, 9.17) is 0 Å². The molecule has 140 valence electrons. The molecule has 1 heterocycles. The summed E-state index contributed by atoms with van der Waals surface area (Å²) in [4.78, 5) is 11.0. The number of allylic oxidation sites excluding steroid dienone is 1. The van der Waals surface area contributed by atoms with Gasteiger partial charge in [-0.3, -0.25) is 10.1 Å². The van der Waals surface area contributed by atoms with Crippen LogP contribution in [-0.2, 0) is 16.6 Å². The molecule has 0 amide bonds. The predicted octanol–water partition coefficient (Wildman–Crippen LogP) is 1.95. The molecule has 0 aliphatic heterocycles. The van der Waals surface area contributed by atoms with Crippen molar-refractivity contribution < 1.29 is 13.3 Å². The number of hydrogen-bond acceptors (Lipinski definition) is 8. The number of hydrogen-bond donors (Lipinski definition) is 0. The second kappa shape index (κ2) is 8.38. The summed E-state index contributed by atoms with van der Waals surface area (Å²) in [6, 6.07) is 3.81. The summed E-state index contributed by atoms with van der Waals surface area (Å²) >= 11 is 0.984. The van der Waals surface area contributed by atoms with Gasteiger partial charge in [-0.25, -0.2) is 13.1 Å². The van der Waals surface area contributed by atoms with E-state index in [1.54, 1.807) is 19.9 Å². The van der Waals surface area contributed by atoms with Crippen LogP contribution in [0.15, 0.2) is 45.8 Å². The molecule has 0 saturated heterocycles. The van der Waals surface area contributed by atoms with Crippen LogP contribution in [0.1, 0.15) is 13.8 Å². The third-order valence-corrected chi connectivity index (χ3v) is 6.56. The van der Waals surface area contributed by atoms with E-state index in [1.165, 1.54) is 21.1 Å². The molecule has 2 rings (SSSR count). The van der Waals surface area contributed by atoms with Crippen molar-refractivity contribution in [3.8, 4) is 0 Å². The summed E-state index contributed by atoms with van der Waals surface area (Å²) in [6.07, 6.45) is 1.59. The predicted molar refractivity (Wildman–Crippen MR) is 95.3 cm³/mol. The highest BCUT2D eigenvalue weighted by molar-refractivity contribution is 7.99. The summed E-state index contributed by atoms with van der Waals surface area (Å²) in [6.45, 7) is 7.91. The van der Waals surface area contributed by atoms with Gasteiger partial charge in [-0.05, 0) is 34.3 Å². The third-order valence-electron chi connectivity index (χ3n) is 3.47. The third kappa shape index (κ3) is 4.08. The second-order valence-electron chi connectivity index (χ2n) is 5.01. The molecule has 1 aromatic heterocycles. The molecule has 10 nitrogen and oxygen atoms in total. The minimum Gasteiger partial charge on any atom is -0.258 e. The van der Waals surface area contributed by atoms with E-state index in [2.05, 4.69) is 22.1 Å². The summed E-state index contributed by atoms with van der Waals surface area (Å²) in [5.41, 5.74) is -0.323. The Balaban J connectivity index is 2.45. The average Bonchev–Trinajstić information content (AvgIpc) is 3.03. The van der Waals surface area contributed by atoms with Gasteiger partial charge in [0.15, 0.2) is 0 Å². The number of nitro groups is 1. The molecule has 0 bridgehead atoms. The average molecular weight is 398 g/mol. The lowest BCUT2D eigenvalue weighted by Crippen LogP contribution is -2.30. The lowest BCUT2D eigenvalue weighted by atomic mass is 10.3. The molecule has 12 heteroatoms. The number of tetrazole rings is 1. The monoisotopic (exact) mass is 398 g/mol. The summed E-state index contributed by atoms with van der Waals surface area (Å²) in [5, 5.41) is 22.9. The molecule has 0 unspecified atom stereocenters. The van der Waals surface area contributed by atoms with Crippen LogP contribution in [-0.4, -0.2) is 50.9 Å². The van der Waals surface area contributed by atoms with Crippen LogP contribution in [0.5, 0.6) is 0 Å². The molecule has 26 heavy (non-hydrogen) atoms.